The molecule has 3 atom stereocenters. The number of nitrogens with zero attached hydrogens (tertiary/aromatic N) is 4. The summed E-state index contributed by atoms with van der Waals surface area (Å²) in [6.45, 7) is 2.79. The second kappa shape index (κ2) is 6.19. The number of anilines is 1. The minimum atomic E-state index is -0.467. The highest BCUT2D eigenvalue weighted by Crippen LogP contribution is 2.58. The minimum absolute atomic E-state index is 0.0848. The standard InChI is InChI=1S/C20H19FN4O3/c1-2-28-20(27)15-9-22-25-6-5-17(23-19(15)25)24-10-11-7-13(11)18(24)14-8-12(21)3-4-16(14)26/h3-6,8-9,11,13,18,26H,2,7,10H2,1H3. The van der Waals surface area contributed by atoms with Crippen molar-refractivity contribution in [2.75, 3.05) is 18.1 Å². The van der Waals surface area contributed by atoms with Crippen molar-refractivity contribution in [1.82, 2.24) is 14.6 Å². The van der Waals surface area contributed by atoms with E-state index >= 15 is 0 Å². The van der Waals surface area contributed by atoms with Crippen molar-refractivity contribution in [2.24, 2.45) is 11.8 Å². The Bertz CT molecular complexity index is 1080. The van der Waals surface area contributed by atoms with Crippen molar-refractivity contribution in [3.63, 3.8) is 0 Å². The molecule has 28 heavy (non-hydrogen) atoms. The van der Waals surface area contributed by atoms with Crippen LogP contribution in [0.15, 0.2) is 36.7 Å². The van der Waals surface area contributed by atoms with E-state index in [4.69, 9.17) is 4.74 Å². The van der Waals surface area contributed by atoms with Crippen molar-refractivity contribution in [3.05, 3.63) is 53.6 Å². The van der Waals surface area contributed by atoms with Gasteiger partial charge in [0.1, 0.15) is 22.9 Å². The van der Waals surface area contributed by atoms with Crippen LogP contribution in [0.25, 0.3) is 5.65 Å². The van der Waals surface area contributed by atoms with Crippen LogP contribution in [0.3, 0.4) is 0 Å². The molecular formula is C20H19FN4O3. The lowest BCUT2D eigenvalue weighted by molar-refractivity contribution is 0.0528. The van der Waals surface area contributed by atoms with Crippen LogP contribution in [0, 0.1) is 17.7 Å². The largest absolute Gasteiger partial charge is 0.508 e. The number of benzene rings is 1. The van der Waals surface area contributed by atoms with E-state index in [1.165, 1.54) is 28.9 Å². The zero-order valence-corrected chi connectivity index (χ0v) is 15.2. The van der Waals surface area contributed by atoms with Crippen molar-refractivity contribution in [1.29, 1.82) is 0 Å². The molecule has 1 aliphatic heterocycles. The van der Waals surface area contributed by atoms with Crippen molar-refractivity contribution < 1.29 is 19.0 Å². The van der Waals surface area contributed by atoms with Crippen LogP contribution in [0.5, 0.6) is 5.75 Å². The van der Waals surface area contributed by atoms with Crippen LogP contribution in [-0.2, 0) is 4.74 Å². The fourth-order valence-electron chi connectivity index (χ4n) is 4.23. The first-order chi connectivity index (χ1) is 13.6. The SMILES string of the molecule is CCOC(=O)c1cnn2ccc(N3CC4CC4C3c3cc(F)ccc3O)nc12. The normalized spacial score (nSPS) is 23.1. The smallest absolute Gasteiger partial charge is 0.343 e. The topological polar surface area (TPSA) is 80.0 Å². The molecule has 2 aromatic heterocycles. The Hall–Kier alpha value is -3.16. The first-order valence-corrected chi connectivity index (χ1v) is 9.33. The summed E-state index contributed by atoms with van der Waals surface area (Å²) in [5, 5.41) is 14.5. The van der Waals surface area contributed by atoms with Crippen LogP contribution < -0.4 is 4.90 Å². The number of piperidine rings is 1. The van der Waals surface area contributed by atoms with Gasteiger partial charge < -0.3 is 14.7 Å². The molecule has 3 aromatic rings. The maximum atomic E-state index is 13.8. The maximum Gasteiger partial charge on any atom is 0.343 e. The summed E-state index contributed by atoms with van der Waals surface area (Å²) in [7, 11) is 0. The molecule has 2 aliphatic rings. The van der Waals surface area contributed by atoms with Crippen molar-refractivity contribution in [3.8, 4) is 5.75 Å². The molecule has 0 bridgehead atoms. The summed E-state index contributed by atoms with van der Waals surface area (Å²) in [5.41, 5.74) is 1.29. The average Bonchev–Trinajstić information content (AvgIpc) is 3.16. The summed E-state index contributed by atoms with van der Waals surface area (Å²) < 4.78 is 20.5. The molecular weight excluding hydrogens is 363 g/mol. The maximum absolute atomic E-state index is 13.8. The first kappa shape index (κ1) is 17.0. The zero-order valence-electron chi connectivity index (χ0n) is 15.2. The molecule has 1 saturated carbocycles. The van der Waals surface area contributed by atoms with Gasteiger partial charge in [-0.1, -0.05) is 0 Å². The molecule has 3 unspecified atom stereocenters. The molecule has 1 saturated heterocycles. The number of phenols is 1. The summed E-state index contributed by atoms with van der Waals surface area (Å²) in [4.78, 5) is 18.9. The van der Waals surface area contributed by atoms with E-state index < -0.39 is 5.97 Å². The van der Waals surface area contributed by atoms with Crippen LogP contribution in [0.4, 0.5) is 10.2 Å². The van der Waals surface area contributed by atoms with Crippen LogP contribution in [0.2, 0.25) is 0 Å². The number of halogens is 1. The van der Waals surface area contributed by atoms with E-state index in [1.54, 1.807) is 13.1 Å². The number of carbonyl (C=O) groups is 1. The third-order valence-corrected chi connectivity index (χ3v) is 5.60. The highest BCUT2D eigenvalue weighted by atomic mass is 19.1. The van der Waals surface area contributed by atoms with E-state index in [-0.39, 0.29) is 24.2 Å². The summed E-state index contributed by atoms with van der Waals surface area (Å²) >= 11 is 0. The molecule has 1 aromatic carbocycles. The Kier molecular flexibility index (Phi) is 3.75. The summed E-state index contributed by atoms with van der Waals surface area (Å²) in [6, 6.07) is 5.72. The van der Waals surface area contributed by atoms with Gasteiger partial charge in [-0.3, -0.25) is 0 Å². The van der Waals surface area contributed by atoms with Gasteiger partial charge in [-0.2, -0.15) is 5.10 Å². The average molecular weight is 382 g/mol. The molecule has 5 rings (SSSR count). The van der Waals surface area contributed by atoms with Gasteiger partial charge in [0.05, 0.1) is 18.8 Å². The van der Waals surface area contributed by atoms with Crippen molar-refractivity contribution in [2.45, 2.75) is 19.4 Å². The molecule has 3 heterocycles. The Morgan fingerprint density at radius 3 is 3.07 bits per heavy atom. The molecule has 0 amide bonds. The number of aromatic nitrogens is 3. The highest BCUT2D eigenvalue weighted by Gasteiger charge is 2.54. The Balaban J connectivity index is 1.56. The van der Waals surface area contributed by atoms with E-state index in [9.17, 15) is 14.3 Å². The number of hydrogen-bond acceptors (Lipinski definition) is 6. The van der Waals surface area contributed by atoms with Gasteiger partial charge in [0.15, 0.2) is 5.65 Å². The van der Waals surface area contributed by atoms with Gasteiger partial charge in [0.2, 0.25) is 0 Å². The number of carbonyl (C=O) groups excluding carboxylic acids is 1. The Labute approximate surface area is 160 Å². The third-order valence-electron chi connectivity index (χ3n) is 5.60. The Morgan fingerprint density at radius 2 is 2.25 bits per heavy atom. The van der Waals surface area contributed by atoms with E-state index in [1.807, 2.05) is 6.07 Å². The van der Waals surface area contributed by atoms with Crippen LogP contribution in [-0.4, -0.2) is 38.8 Å². The lowest BCUT2D eigenvalue weighted by Gasteiger charge is -2.29. The Morgan fingerprint density at radius 1 is 1.39 bits per heavy atom. The van der Waals surface area contributed by atoms with Gasteiger partial charge in [0, 0.05) is 18.3 Å². The molecule has 144 valence electrons. The lowest BCUT2D eigenvalue weighted by Crippen LogP contribution is -2.27. The number of hydrogen-bond donors (Lipinski definition) is 1. The summed E-state index contributed by atoms with van der Waals surface area (Å²) in [6.07, 6.45) is 4.24. The molecule has 1 aliphatic carbocycles. The summed E-state index contributed by atoms with van der Waals surface area (Å²) in [5.74, 6) is 0.771. The van der Waals surface area contributed by atoms with Crippen molar-refractivity contribution >= 4 is 17.4 Å². The van der Waals surface area contributed by atoms with Crippen LogP contribution >= 0.6 is 0 Å². The fourth-order valence-corrected chi connectivity index (χ4v) is 4.23. The van der Waals surface area contributed by atoms with E-state index in [0.717, 1.165) is 13.0 Å². The van der Waals surface area contributed by atoms with Gasteiger partial charge in [-0.05, 0) is 49.4 Å². The van der Waals surface area contributed by atoms with Gasteiger partial charge >= 0.3 is 5.97 Å². The lowest BCUT2D eigenvalue weighted by atomic mass is 10.0. The molecule has 2 fully saturated rings. The quantitative estimate of drug-likeness (QED) is 0.699. The highest BCUT2D eigenvalue weighted by molar-refractivity contribution is 5.95. The second-order valence-electron chi connectivity index (χ2n) is 7.29. The molecule has 7 nitrogen and oxygen atoms in total. The van der Waals surface area contributed by atoms with Gasteiger partial charge in [-0.15, -0.1) is 0 Å². The van der Waals surface area contributed by atoms with Gasteiger partial charge in [-0.25, -0.2) is 18.7 Å². The first-order valence-electron chi connectivity index (χ1n) is 9.33. The molecule has 0 radical (unpaired) electrons. The molecule has 1 N–H and O–H groups in total. The van der Waals surface area contributed by atoms with Gasteiger partial charge in [0.25, 0.3) is 0 Å². The monoisotopic (exact) mass is 382 g/mol. The number of phenolic OH excluding ortho intramolecular Hbond substituents is 1. The number of ether oxygens (including phenoxy) is 1. The van der Waals surface area contributed by atoms with E-state index in [0.29, 0.717) is 34.4 Å². The van der Waals surface area contributed by atoms with E-state index in [2.05, 4.69) is 15.0 Å². The predicted octanol–water partition coefficient (Wildman–Crippen LogP) is 2.95. The number of rotatable bonds is 4. The molecule has 8 heteroatoms. The minimum Gasteiger partial charge on any atom is -0.508 e. The number of fused-ring (bicyclic) bond motifs is 2. The number of aromatic hydroxyl groups is 1. The third kappa shape index (κ3) is 2.59. The molecule has 0 spiro atoms. The zero-order chi connectivity index (χ0) is 19.4. The van der Waals surface area contributed by atoms with Crippen LogP contribution in [0.1, 0.15) is 35.3 Å². The fraction of sp³-hybridized carbons (Fsp3) is 0.350. The second-order valence-corrected chi connectivity index (χ2v) is 7.29. The number of esters is 1. The predicted molar refractivity (Wildman–Crippen MR) is 98.7 cm³/mol.